The lowest BCUT2D eigenvalue weighted by Gasteiger charge is -2.18. The second kappa shape index (κ2) is 47.1. The molecule has 0 aliphatic rings. The normalized spacial score (nSPS) is 12.4. The first-order chi connectivity index (χ1) is 28.5. The van der Waals surface area contributed by atoms with Gasteiger partial charge in [0.05, 0.1) is 0 Å². The molecule has 0 aliphatic heterocycles. The zero-order chi connectivity index (χ0) is 42.3. The van der Waals surface area contributed by atoms with Crippen LogP contribution in [-0.2, 0) is 28.6 Å². The van der Waals surface area contributed by atoms with E-state index < -0.39 is 6.10 Å². The van der Waals surface area contributed by atoms with Gasteiger partial charge in [-0.3, -0.25) is 14.4 Å². The minimum Gasteiger partial charge on any atom is -0.462 e. The van der Waals surface area contributed by atoms with E-state index in [2.05, 4.69) is 69.4 Å². The van der Waals surface area contributed by atoms with Gasteiger partial charge in [-0.05, 0) is 77.0 Å². The summed E-state index contributed by atoms with van der Waals surface area (Å²) in [6.45, 7) is 6.49. The first-order valence-electron chi connectivity index (χ1n) is 24.6. The Morgan fingerprint density at radius 1 is 0.345 bits per heavy atom. The molecule has 0 aromatic rings. The lowest BCUT2D eigenvalue weighted by molar-refractivity contribution is -0.167. The minimum absolute atomic E-state index is 0.0808. The largest absolute Gasteiger partial charge is 0.462 e. The van der Waals surface area contributed by atoms with Crippen LogP contribution in [0, 0.1) is 0 Å². The lowest BCUT2D eigenvalue weighted by atomic mass is 10.1. The van der Waals surface area contributed by atoms with Crippen molar-refractivity contribution in [1.29, 1.82) is 0 Å². The van der Waals surface area contributed by atoms with Crippen molar-refractivity contribution in [2.75, 3.05) is 13.2 Å². The summed E-state index contributed by atoms with van der Waals surface area (Å²) in [5.74, 6) is -0.911. The first kappa shape index (κ1) is 55.4. The fourth-order valence-corrected chi connectivity index (χ4v) is 6.78. The summed E-state index contributed by atoms with van der Waals surface area (Å²) in [6, 6.07) is 0. The van der Waals surface area contributed by atoms with E-state index >= 15 is 0 Å². The van der Waals surface area contributed by atoms with Crippen LogP contribution < -0.4 is 0 Å². The average molecular weight is 813 g/mol. The van der Waals surface area contributed by atoms with Gasteiger partial charge in [0.25, 0.3) is 0 Å². The van der Waals surface area contributed by atoms with Gasteiger partial charge in [-0.1, -0.05) is 198 Å². The third-order valence-electron chi connectivity index (χ3n) is 10.6. The number of carbonyl (C=O) groups excluding carboxylic acids is 3. The van der Waals surface area contributed by atoms with Crippen LogP contribution in [0.2, 0.25) is 0 Å². The van der Waals surface area contributed by atoms with Crippen LogP contribution in [0.5, 0.6) is 0 Å². The number of esters is 3. The van der Waals surface area contributed by atoms with Crippen molar-refractivity contribution in [2.45, 2.75) is 252 Å². The van der Waals surface area contributed by atoms with Gasteiger partial charge in [0.2, 0.25) is 0 Å². The van der Waals surface area contributed by atoms with E-state index in [1.807, 2.05) is 0 Å². The van der Waals surface area contributed by atoms with E-state index in [9.17, 15) is 14.4 Å². The van der Waals surface area contributed by atoms with Gasteiger partial charge in [0.1, 0.15) is 13.2 Å². The molecule has 58 heavy (non-hydrogen) atoms. The van der Waals surface area contributed by atoms with Crippen LogP contribution in [0.1, 0.15) is 245 Å². The van der Waals surface area contributed by atoms with Gasteiger partial charge >= 0.3 is 17.9 Å². The molecule has 0 bridgehead atoms. The minimum atomic E-state index is -0.776. The zero-order valence-electron chi connectivity index (χ0n) is 38.3. The molecule has 0 saturated heterocycles. The molecule has 0 aromatic carbocycles. The maximum absolute atomic E-state index is 12.7. The van der Waals surface area contributed by atoms with E-state index in [1.165, 1.54) is 109 Å². The van der Waals surface area contributed by atoms with Crippen LogP contribution in [-0.4, -0.2) is 37.2 Å². The molecule has 0 spiro atoms. The smallest absolute Gasteiger partial charge is 0.306 e. The fourth-order valence-electron chi connectivity index (χ4n) is 6.78. The van der Waals surface area contributed by atoms with Gasteiger partial charge in [-0.15, -0.1) is 0 Å². The summed E-state index contributed by atoms with van der Waals surface area (Å²) in [6.07, 6.45) is 55.6. The van der Waals surface area contributed by atoms with E-state index in [1.54, 1.807) is 0 Å². The van der Waals surface area contributed by atoms with Crippen molar-refractivity contribution in [3.63, 3.8) is 0 Å². The molecule has 0 radical (unpaired) electrons. The summed E-state index contributed by atoms with van der Waals surface area (Å²) < 4.78 is 16.6. The third-order valence-corrected chi connectivity index (χ3v) is 10.6. The Kier molecular flexibility index (Phi) is 44.9. The van der Waals surface area contributed by atoms with Crippen LogP contribution in [0.25, 0.3) is 0 Å². The summed E-state index contributed by atoms with van der Waals surface area (Å²) in [5.41, 5.74) is 0. The van der Waals surface area contributed by atoms with Gasteiger partial charge in [-0.25, -0.2) is 0 Å². The molecule has 1 atom stereocenters. The van der Waals surface area contributed by atoms with E-state index in [0.717, 1.165) is 96.3 Å². The highest BCUT2D eigenvalue weighted by Crippen LogP contribution is 2.14. The molecular weight excluding hydrogens is 721 g/mol. The van der Waals surface area contributed by atoms with Crippen LogP contribution in [0.3, 0.4) is 0 Å². The molecule has 0 N–H and O–H groups in total. The highest BCUT2D eigenvalue weighted by Gasteiger charge is 2.19. The number of rotatable bonds is 44. The molecule has 0 saturated carbocycles. The van der Waals surface area contributed by atoms with Crippen molar-refractivity contribution >= 4 is 17.9 Å². The van der Waals surface area contributed by atoms with E-state index in [4.69, 9.17) is 14.2 Å². The van der Waals surface area contributed by atoms with Crippen molar-refractivity contribution < 1.29 is 28.6 Å². The Balaban J connectivity index is 4.16. The Labute approximate surface area is 358 Å². The summed E-state index contributed by atoms with van der Waals surface area (Å²) in [7, 11) is 0. The molecule has 0 heterocycles. The number of hydrogen-bond donors (Lipinski definition) is 0. The summed E-state index contributed by atoms with van der Waals surface area (Å²) in [4.78, 5) is 37.6. The fraction of sp³-hybridized carbons (Fsp3) is 0.788. The quantitative estimate of drug-likeness (QED) is 0.0264. The number of unbranched alkanes of at least 4 members (excludes halogenated alkanes) is 25. The highest BCUT2D eigenvalue weighted by molar-refractivity contribution is 5.71. The van der Waals surface area contributed by atoms with Gasteiger partial charge in [-0.2, -0.15) is 0 Å². The van der Waals surface area contributed by atoms with Gasteiger partial charge < -0.3 is 14.2 Å². The molecule has 0 rings (SSSR count). The van der Waals surface area contributed by atoms with Crippen LogP contribution in [0.4, 0.5) is 0 Å². The SMILES string of the molecule is CCCC/C=C\C/C=C\CCCCCCCC(=O)OC(COC(=O)CCCCCCC)COC(=O)CCCCCCCCCCC/C=C\C/C=C\CCCCCCC. The molecule has 6 heteroatoms. The Bertz CT molecular complexity index is 1030. The lowest BCUT2D eigenvalue weighted by Crippen LogP contribution is -2.30. The predicted octanol–water partition coefficient (Wildman–Crippen LogP) is 15.9. The van der Waals surface area contributed by atoms with Crippen molar-refractivity contribution in [3.8, 4) is 0 Å². The van der Waals surface area contributed by atoms with Crippen LogP contribution >= 0.6 is 0 Å². The Morgan fingerprint density at radius 2 is 0.638 bits per heavy atom. The number of carbonyl (C=O) groups is 3. The molecule has 1 unspecified atom stereocenters. The maximum Gasteiger partial charge on any atom is 0.306 e. The molecule has 0 aliphatic carbocycles. The molecule has 336 valence electrons. The summed E-state index contributed by atoms with van der Waals surface area (Å²) in [5, 5.41) is 0. The highest BCUT2D eigenvalue weighted by atomic mass is 16.6. The predicted molar refractivity (Wildman–Crippen MR) is 247 cm³/mol. The Morgan fingerprint density at radius 3 is 1.00 bits per heavy atom. The van der Waals surface area contributed by atoms with Gasteiger partial charge in [0, 0.05) is 19.3 Å². The molecule has 6 nitrogen and oxygen atoms in total. The van der Waals surface area contributed by atoms with Crippen LogP contribution in [0.15, 0.2) is 48.6 Å². The maximum atomic E-state index is 12.7. The molecular formula is C52H92O6. The number of hydrogen-bond acceptors (Lipinski definition) is 6. The first-order valence-corrected chi connectivity index (χ1v) is 24.6. The monoisotopic (exact) mass is 813 g/mol. The van der Waals surface area contributed by atoms with Gasteiger partial charge in [0.15, 0.2) is 6.10 Å². The topological polar surface area (TPSA) is 78.9 Å². The van der Waals surface area contributed by atoms with E-state index in [0.29, 0.717) is 19.3 Å². The number of ether oxygens (including phenoxy) is 3. The summed E-state index contributed by atoms with van der Waals surface area (Å²) >= 11 is 0. The molecule has 0 aromatic heterocycles. The second-order valence-electron chi connectivity index (χ2n) is 16.4. The van der Waals surface area contributed by atoms with Crippen molar-refractivity contribution in [3.05, 3.63) is 48.6 Å². The van der Waals surface area contributed by atoms with Crippen molar-refractivity contribution in [2.24, 2.45) is 0 Å². The number of allylic oxidation sites excluding steroid dienone is 8. The average Bonchev–Trinajstić information content (AvgIpc) is 3.22. The van der Waals surface area contributed by atoms with Crippen molar-refractivity contribution in [1.82, 2.24) is 0 Å². The second-order valence-corrected chi connectivity index (χ2v) is 16.4. The third kappa shape index (κ3) is 44.5. The van der Waals surface area contributed by atoms with E-state index in [-0.39, 0.29) is 31.1 Å². The zero-order valence-corrected chi connectivity index (χ0v) is 38.3. The molecule has 0 fully saturated rings. The Hall–Kier alpha value is -2.63. The molecule has 0 amide bonds. The standard InChI is InChI=1S/C52H92O6/c1-4-7-10-13-15-17-19-21-23-24-25-26-27-28-29-31-32-34-36-39-42-45-51(54)57-48-49(47-56-50(53)44-41-38-12-9-6-3)58-52(55)46-43-40-37-35-33-30-22-20-18-16-14-11-8-5-2/h14,16,19-22,24-25,49H,4-13,15,17-18,23,26-48H2,1-3H3/b16-14-,21-19-,22-20-,25-24-.